The summed E-state index contributed by atoms with van der Waals surface area (Å²) in [6.07, 6.45) is 0.179. The van der Waals surface area contributed by atoms with Crippen molar-refractivity contribution in [3.8, 4) is 0 Å². The first-order chi connectivity index (χ1) is 11.9. The van der Waals surface area contributed by atoms with Crippen molar-refractivity contribution in [3.05, 3.63) is 59.4 Å². The van der Waals surface area contributed by atoms with E-state index in [0.29, 0.717) is 11.4 Å². The molecule has 0 saturated carbocycles. The highest BCUT2D eigenvalue weighted by molar-refractivity contribution is 7.99. The number of thioether (sulfide) groups is 1. The number of carbonyl (C=O) groups excluding carboxylic acids is 2. The molecule has 0 saturated heterocycles. The molecule has 6 heteroatoms. The van der Waals surface area contributed by atoms with Gasteiger partial charge in [-0.05, 0) is 61.4 Å². The van der Waals surface area contributed by atoms with Crippen LogP contribution >= 0.6 is 11.8 Å². The summed E-state index contributed by atoms with van der Waals surface area (Å²) in [6.45, 7) is 3.58. The van der Waals surface area contributed by atoms with Gasteiger partial charge in [0.05, 0.1) is 6.42 Å². The van der Waals surface area contributed by atoms with Gasteiger partial charge < -0.3 is 10.1 Å². The SMILES string of the molecule is Cc1cc(C)cc(NC(=O)COC(=O)CCSc2ccc(F)cc2)c1. The third kappa shape index (κ3) is 6.97. The van der Waals surface area contributed by atoms with Crippen LogP contribution in [0.2, 0.25) is 0 Å². The van der Waals surface area contributed by atoms with Crippen molar-refractivity contribution in [2.24, 2.45) is 0 Å². The number of anilines is 1. The quantitative estimate of drug-likeness (QED) is 0.596. The summed E-state index contributed by atoms with van der Waals surface area (Å²) in [5, 5.41) is 2.71. The minimum atomic E-state index is -0.440. The molecule has 2 rings (SSSR count). The Balaban J connectivity index is 1.68. The van der Waals surface area contributed by atoms with E-state index in [-0.39, 0.29) is 24.8 Å². The normalized spacial score (nSPS) is 10.4. The minimum Gasteiger partial charge on any atom is -0.456 e. The summed E-state index contributed by atoms with van der Waals surface area (Å²) < 4.78 is 17.8. The van der Waals surface area contributed by atoms with Crippen molar-refractivity contribution in [2.45, 2.75) is 25.2 Å². The van der Waals surface area contributed by atoms with Crippen LogP contribution in [0.4, 0.5) is 10.1 Å². The Morgan fingerprint density at radius 2 is 1.72 bits per heavy atom. The Morgan fingerprint density at radius 1 is 1.08 bits per heavy atom. The van der Waals surface area contributed by atoms with Gasteiger partial charge in [0, 0.05) is 16.3 Å². The zero-order valence-electron chi connectivity index (χ0n) is 14.2. The molecule has 0 radical (unpaired) electrons. The van der Waals surface area contributed by atoms with Crippen LogP contribution in [0.3, 0.4) is 0 Å². The number of esters is 1. The summed E-state index contributed by atoms with van der Waals surface area (Å²) in [5.74, 6) is -0.600. The molecule has 0 bridgehead atoms. The maximum Gasteiger partial charge on any atom is 0.307 e. The van der Waals surface area contributed by atoms with Crippen LogP contribution in [0.5, 0.6) is 0 Å². The number of halogens is 1. The highest BCUT2D eigenvalue weighted by Gasteiger charge is 2.09. The molecule has 132 valence electrons. The highest BCUT2D eigenvalue weighted by atomic mass is 32.2. The zero-order chi connectivity index (χ0) is 18.2. The smallest absolute Gasteiger partial charge is 0.307 e. The number of rotatable bonds is 7. The summed E-state index contributed by atoms with van der Waals surface area (Å²) in [4.78, 5) is 24.4. The molecule has 2 aromatic rings. The molecule has 25 heavy (non-hydrogen) atoms. The number of ether oxygens (including phenoxy) is 1. The monoisotopic (exact) mass is 361 g/mol. The average molecular weight is 361 g/mol. The fourth-order valence-corrected chi connectivity index (χ4v) is 3.08. The number of hydrogen-bond donors (Lipinski definition) is 1. The fourth-order valence-electron chi connectivity index (χ4n) is 2.25. The zero-order valence-corrected chi connectivity index (χ0v) is 15.0. The third-order valence-electron chi connectivity index (χ3n) is 3.26. The van der Waals surface area contributed by atoms with Crippen LogP contribution in [0, 0.1) is 19.7 Å². The maximum absolute atomic E-state index is 12.8. The largest absolute Gasteiger partial charge is 0.456 e. The first-order valence-electron chi connectivity index (χ1n) is 7.84. The molecule has 0 aliphatic rings. The Labute approximate surface area is 150 Å². The third-order valence-corrected chi connectivity index (χ3v) is 4.27. The van der Waals surface area contributed by atoms with Gasteiger partial charge in [-0.2, -0.15) is 0 Å². The molecule has 0 aliphatic heterocycles. The van der Waals surface area contributed by atoms with E-state index >= 15 is 0 Å². The topological polar surface area (TPSA) is 55.4 Å². The number of aryl methyl sites for hydroxylation is 2. The maximum atomic E-state index is 12.8. The molecule has 0 heterocycles. The van der Waals surface area contributed by atoms with Gasteiger partial charge in [0.25, 0.3) is 5.91 Å². The standard InChI is InChI=1S/C19H20FNO3S/c1-13-9-14(2)11-16(10-13)21-18(22)12-24-19(23)7-8-25-17-5-3-15(20)4-6-17/h3-6,9-11H,7-8,12H2,1-2H3,(H,21,22). The van der Waals surface area contributed by atoms with E-state index in [1.165, 1.54) is 23.9 Å². The van der Waals surface area contributed by atoms with Gasteiger partial charge in [-0.25, -0.2) is 4.39 Å². The molecule has 0 aliphatic carbocycles. The van der Waals surface area contributed by atoms with Gasteiger partial charge >= 0.3 is 5.97 Å². The fraction of sp³-hybridized carbons (Fsp3) is 0.263. The van der Waals surface area contributed by atoms with Crippen LogP contribution in [-0.4, -0.2) is 24.2 Å². The lowest BCUT2D eigenvalue weighted by molar-refractivity contribution is -0.146. The lowest BCUT2D eigenvalue weighted by atomic mass is 10.1. The lowest BCUT2D eigenvalue weighted by Gasteiger charge is -2.08. The predicted molar refractivity (Wildman–Crippen MR) is 97.2 cm³/mol. The van der Waals surface area contributed by atoms with Crippen LogP contribution in [-0.2, 0) is 14.3 Å². The van der Waals surface area contributed by atoms with E-state index in [0.717, 1.165) is 16.0 Å². The molecule has 0 aromatic heterocycles. The number of hydrogen-bond acceptors (Lipinski definition) is 4. The number of amides is 1. The molecular formula is C19H20FNO3S. The summed E-state index contributed by atoms with van der Waals surface area (Å²) in [6, 6.07) is 11.8. The van der Waals surface area contributed by atoms with Crippen molar-refractivity contribution >= 4 is 29.3 Å². The van der Waals surface area contributed by atoms with Gasteiger partial charge in [0.15, 0.2) is 6.61 Å². The second-order valence-corrected chi connectivity index (χ2v) is 6.81. The average Bonchev–Trinajstić information content (AvgIpc) is 2.54. The minimum absolute atomic E-state index is 0.179. The van der Waals surface area contributed by atoms with Crippen LogP contribution < -0.4 is 5.32 Å². The van der Waals surface area contributed by atoms with Crippen LogP contribution in [0.1, 0.15) is 17.5 Å². The summed E-state index contributed by atoms with van der Waals surface area (Å²) in [7, 11) is 0. The Morgan fingerprint density at radius 3 is 2.36 bits per heavy atom. The Hall–Kier alpha value is -2.34. The number of benzene rings is 2. The Bertz CT molecular complexity index is 727. The summed E-state index contributed by atoms with van der Waals surface area (Å²) >= 11 is 1.43. The van der Waals surface area contributed by atoms with Crippen LogP contribution in [0.15, 0.2) is 47.4 Å². The molecule has 1 N–H and O–H groups in total. The lowest BCUT2D eigenvalue weighted by Crippen LogP contribution is -2.21. The molecular weight excluding hydrogens is 341 g/mol. The first kappa shape index (κ1) is 19.0. The number of nitrogens with one attached hydrogen (secondary N) is 1. The molecule has 1 amide bonds. The number of carbonyl (C=O) groups is 2. The van der Waals surface area contributed by atoms with E-state index in [9.17, 15) is 14.0 Å². The van der Waals surface area contributed by atoms with E-state index < -0.39 is 5.97 Å². The van der Waals surface area contributed by atoms with E-state index in [1.807, 2.05) is 32.0 Å². The van der Waals surface area contributed by atoms with Gasteiger partial charge in [-0.1, -0.05) is 6.07 Å². The Kier molecular flexibility index (Phi) is 7.01. The van der Waals surface area contributed by atoms with Crippen molar-refractivity contribution in [2.75, 3.05) is 17.7 Å². The molecule has 2 aromatic carbocycles. The molecule has 4 nitrogen and oxygen atoms in total. The highest BCUT2D eigenvalue weighted by Crippen LogP contribution is 2.19. The van der Waals surface area contributed by atoms with E-state index in [2.05, 4.69) is 5.32 Å². The van der Waals surface area contributed by atoms with Gasteiger partial charge in [-0.15, -0.1) is 11.8 Å². The second kappa shape index (κ2) is 9.22. The van der Waals surface area contributed by atoms with Crippen molar-refractivity contribution in [1.29, 1.82) is 0 Å². The first-order valence-corrected chi connectivity index (χ1v) is 8.83. The van der Waals surface area contributed by atoms with Crippen molar-refractivity contribution in [1.82, 2.24) is 0 Å². The van der Waals surface area contributed by atoms with Crippen LogP contribution in [0.25, 0.3) is 0 Å². The predicted octanol–water partition coefficient (Wildman–Crippen LogP) is 4.11. The van der Waals surface area contributed by atoms with Crippen molar-refractivity contribution < 1.29 is 18.7 Å². The van der Waals surface area contributed by atoms with Crippen molar-refractivity contribution in [3.63, 3.8) is 0 Å². The molecule has 0 fully saturated rings. The molecule has 0 unspecified atom stereocenters. The second-order valence-electron chi connectivity index (χ2n) is 5.64. The molecule has 0 spiro atoms. The molecule has 0 atom stereocenters. The van der Waals surface area contributed by atoms with Gasteiger partial charge in [-0.3, -0.25) is 9.59 Å². The summed E-state index contributed by atoms with van der Waals surface area (Å²) in [5.41, 5.74) is 2.78. The van der Waals surface area contributed by atoms with Gasteiger partial charge in [0.2, 0.25) is 0 Å². The van der Waals surface area contributed by atoms with Gasteiger partial charge in [0.1, 0.15) is 5.82 Å². The van der Waals surface area contributed by atoms with E-state index in [4.69, 9.17) is 4.74 Å². The van der Waals surface area contributed by atoms with E-state index in [1.54, 1.807) is 12.1 Å².